The third-order valence-corrected chi connectivity index (χ3v) is 7.48. The van der Waals surface area contributed by atoms with Gasteiger partial charge in [0.2, 0.25) is 0 Å². The van der Waals surface area contributed by atoms with E-state index in [1.807, 2.05) is 45.6 Å². The Balaban J connectivity index is 1.46. The second kappa shape index (κ2) is 9.25. The molecule has 0 spiro atoms. The Labute approximate surface area is 216 Å². The first-order chi connectivity index (χ1) is 17.1. The van der Waals surface area contributed by atoms with Gasteiger partial charge in [-0.1, -0.05) is 11.6 Å². The van der Waals surface area contributed by atoms with Gasteiger partial charge in [0.1, 0.15) is 6.33 Å². The van der Waals surface area contributed by atoms with Crippen LogP contribution in [0.2, 0.25) is 5.02 Å². The van der Waals surface area contributed by atoms with Crippen LogP contribution in [0.3, 0.4) is 0 Å². The Morgan fingerprint density at radius 2 is 1.81 bits per heavy atom. The van der Waals surface area contributed by atoms with E-state index in [-0.39, 0.29) is 11.9 Å². The molecule has 11 heteroatoms. The Morgan fingerprint density at radius 3 is 2.44 bits per heavy atom. The van der Waals surface area contributed by atoms with Crippen molar-refractivity contribution in [2.75, 3.05) is 6.54 Å². The maximum Gasteiger partial charge on any atom is 0.494 e. The molecule has 0 bridgehead atoms. The first-order valence-corrected chi connectivity index (χ1v) is 12.6. The van der Waals surface area contributed by atoms with Gasteiger partial charge in [0.25, 0.3) is 11.9 Å². The molecule has 1 saturated carbocycles. The molecule has 1 aliphatic heterocycles. The topological polar surface area (TPSA) is 95.3 Å². The van der Waals surface area contributed by atoms with Gasteiger partial charge >= 0.3 is 7.12 Å². The number of carbonyl (C=O) groups excluding carboxylic acids is 1. The molecular formula is C25H30BClN6O3. The predicted octanol–water partition coefficient (Wildman–Crippen LogP) is 3.62. The largest absolute Gasteiger partial charge is 0.494 e. The first-order valence-electron chi connectivity index (χ1n) is 12.2. The fourth-order valence-corrected chi connectivity index (χ4v) is 4.49. The Hall–Kier alpha value is -2.82. The summed E-state index contributed by atoms with van der Waals surface area (Å²) in [6.45, 7) is 10.5. The molecule has 1 amide bonds. The van der Waals surface area contributed by atoms with Crippen molar-refractivity contribution in [2.24, 2.45) is 5.92 Å². The summed E-state index contributed by atoms with van der Waals surface area (Å²) in [4.78, 5) is 28.8. The van der Waals surface area contributed by atoms with Gasteiger partial charge in [-0.25, -0.2) is 15.0 Å². The number of rotatable bonds is 7. The number of halogens is 1. The molecule has 3 heterocycles. The van der Waals surface area contributed by atoms with Crippen LogP contribution in [0.15, 0.2) is 43.0 Å². The summed E-state index contributed by atoms with van der Waals surface area (Å²) < 4.78 is 14.0. The van der Waals surface area contributed by atoms with Crippen LogP contribution >= 0.6 is 11.6 Å². The molecule has 1 atom stereocenters. The molecular weight excluding hydrogens is 479 g/mol. The van der Waals surface area contributed by atoms with Crippen molar-refractivity contribution in [1.29, 1.82) is 0 Å². The summed E-state index contributed by atoms with van der Waals surface area (Å²) in [5.41, 5.74) is 0.187. The maximum absolute atomic E-state index is 14.0. The molecule has 188 valence electrons. The van der Waals surface area contributed by atoms with Crippen LogP contribution in [-0.2, 0) is 9.31 Å². The molecule has 1 saturated heterocycles. The Bertz CT molecular complexity index is 1250. The second-order valence-corrected chi connectivity index (χ2v) is 11.0. The lowest BCUT2D eigenvalue weighted by molar-refractivity contribution is 0.00578. The average Bonchev–Trinajstić information content (AvgIpc) is 3.46. The minimum atomic E-state index is -0.618. The van der Waals surface area contributed by atoms with Crippen molar-refractivity contribution in [3.05, 3.63) is 59.4 Å². The molecule has 2 aromatic heterocycles. The molecule has 1 aliphatic carbocycles. The summed E-state index contributed by atoms with van der Waals surface area (Å²) >= 11 is 6.50. The van der Waals surface area contributed by atoms with Gasteiger partial charge in [-0.05, 0) is 83.1 Å². The van der Waals surface area contributed by atoms with Gasteiger partial charge in [-0.15, -0.1) is 0 Å². The van der Waals surface area contributed by atoms with Gasteiger partial charge < -0.3 is 14.2 Å². The van der Waals surface area contributed by atoms with E-state index < -0.39 is 18.3 Å². The smallest absolute Gasteiger partial charge is 0.399 e. The van der Waals surface area contributed by atoms with E-state index in [9.17, 15) is 4.79 Å². The number of aromatic nitrogens is 5. The molecule has 0 radical (unpaired) electrons. The molecule has 36 heavy (non-hydrogen) atoms. The summed E-state index contributed by atoms with van der Waals surface area (Å²) in [6.07, 6.45) is 6.95. The fourth-order valence-electron chi connectivity index (χ4n) is 4.24. The highest BCUT2D eigenvalue weighted by atomic mass is 35.5. The van der Waals surface area contributed by atoms with E-state index in [2.05, 4.69) is 20.1 Å². The van der Waals surface area contributed by atoms with Crippen molar-refractivity contribution in [1.82, 2.24) is 29.6 Å². The molecule has 1 unspecified atom stereocenters. The number of nitrogens with zero attached hydrogens (tertiary/aromatic N) is 6. The lowest BCUT2D eigenvalue weighted by atomic mass is 9.78. The van der Waals surface area contributed by atoms with Crippen molar-refractivity contribution < 1.29 is 14.1 Å². The van der Waals surface area contributed by atoms with E-state index in [0.29, 0.717) is 40.3 Å². The van der Waals surface area contributed by atoms with Gasteiger partial charge in [0.05, 0.1) is 17.2 Å². The normalized spacial score (nSPS) is 19.3. The van der Waals surface area contributed by atoms with Crippen molar-refractivity contribution in [3.63, 3.8) is 0 Å². The average molecular weight is 509 g/mol. The van der Waals surface area contributed by atoms with Crippen LogP contribution in [0.5, 0.6) is 0 Å². The Kier molecular flexibility index (Phi) is 6.38. The highest BCUT2D eigenvalue weighted by Crippen LogP contribution is 2.37. The molecule has 2 fully saturated rings. The zero-order chi connectivity index (χ0) is 25.7. The van der Waals surface area contributed by atoms with Crippen molar-refractivity contribution >= 4 is 30.1 Å². The van der Waals surface area contributed by atoms with Gasteiger partial charge in [0.15, 0.2) is 5.82 Å². The second-order valence-electron chi connectivity index (χ2n) is 10.5. The van der Waals surface area contributed by atoms with Crippen LogP contribution in [-0.4, -0.2) is 60.4 Å². The van der Waals surface area contributed by atoms with Gasteiger partial charge in [-0.3, -0.25) is 4.79 Å². The van der Waals surface area contributed by atoms with Crippen LogP contribution in [0.1, 0.15) is 69.7 Å². The van der Waals surface area contributed by atoms with Gasteiger partial charge in [-0.2, -0.15) is 9.78 Å². The summed E-state index contributed by atoms with van der Waals surface area (Å²) in [5.74, 6) is 1.31. The standard InChI is InChI=1S/C25H30BClN6O3/c1-16(21-30-15-31-33(21)23-28-9-6-10-29-23)32(14-17-7-8-17)22(34)18-11-19(13-20(27)12-18)26-35-24(2,3)25(4,5)36-26/h6,9-13,15-17H,7-8,14H2,1-5H3. The number of carbonyl (C=O) groups is 1. The molecule has 0 N–H and O–H groups in total. The first kappa shape index (κ1) is 24.9. The van der Waals surface area contributed by atoms with Crippen LogP contribution in [0.4, 0.5) is 0 Å². The number of amides is 1. The highest BCUT2D eigenvalue weighted by Gasteiger charge is 2.52. The predicted molar refractivity (Wildman–Crippen MR) is 136 cm³/mol. The molecule has 9 nitrogen and oxygen atoms in total. The van der Waals surface area contributed by atoms with Crippen molar-refractivity contribution in [2.45, 2.75) is 64.7 Å². The third-order valence-electron chi connectivity index (χ3n) is 7.26. The molecule has 3 aromatic rings. The number of benzene rings is 1. The van der Waals surface area contributed by atoms with Crippen LogP contribution < -0.4 is 5.46 Å². The SMILES string of the molecule is CC(c1ncnn1-c1ncccn1)N(CC1CC1)C(=O)c1cc(Cl)cc(B2OC(C)(C)C(C)(C)O2)c1. The number of hydrogen-bond acceptors (Lipinski definition) is 7. The van der Waals surface area contributed by atoms with E-state index in [4.69, 9.17) is 20.9 Å². The van der Waals surface area contributed by atoms with Gasteiger partial charge in [0, 0.05) is 29.5 Å². The molecule has 5 rings (SSSR count). The molecule has 2 aliphatic rings. The summed E-state index contributed by atoms with van der Waals surface area (Å²) in [5, 5.41) is 4.76. The maximum atomic E-state index is 14.0. The lowest BCUT2D eigenvalue weighted by Crippen LogP contribution is -2.41. The zero-order valence-corrected chi connectivity index (χ0v) is 21.9. The lowest BCUT2D eigenvalue weighted by Gasteiger charge is -2.32. The van der Waals surface area contributed by atoms with Crippen molar-refractivity contribution in [3.8, 4) is 5.95 Å². The minimum Gasteiger partial charge on any atom is -0.399 e. The van der Waals surface area contributed by atoms with E-state index in [1.165, 1.54) is 6.33 Å². The number of hydrogen-bond donors (Lipinski definition) is 0. The van der Waals surface area contributed by atoms with E-state index in [1.54, 1.807) is 35.3 Å². The van der Waals surface area contributed by atoms with Crippen LogP contribution in [0.25, 0.3) is 5.95 Å². The molecule has 1 aromatic carbocycles. The monoisotopic (exact) mass is 508 g/mol. The minimum absolute atomic E-state index is 0.141. The Morgan fingerprint density at radius 1 is 1.14 bits per heavy atom. The quantitative estimate of drug-likeness (QED) is 0.450. The van der Waals surface area contributed by atoms with E-state index >= 15 is 0 Å². The summed E-state index contributed by atoms with van der Waals surface area (Å²) in [6, 6.07) is 6.66. The third kappa shape index (κ3) is 4.77. The van der Waals surface area contributed by atoms with E-state index in [0.717, 1.165) is 12.8 Å². The van der Waals surface area contributed by atoms with Crippen LogP contribution in [0, 0.1) is 5.92 Å². The zero-order valence-electron chi connectivity index (χ0n) is 21.2. The fraction of sp³-hybridized carbons (Fsp3) is 0.480. The summed E-state index contributed by atoms with van der Waals surface area (Å²) in [7, 11) is -0.618. The highest BCUT2D eigenvalue weighted by molar-refractivity contribution is 6.62.